The van der Waals surface area contributed by atoms with Crippen LogP contribution in [0.3, 0.4) is 0 Å². The van der Waals surface area contributed by atoms with Crippen molar-refractivity contribution in [2.24, 2.45) is 11.7 Å². The molecule has 1 saturated carbocycles. The fraction of sp³-hybridized carbons (Fsp3) is 0.700. The van der Waals surface area contributed by atoms with Gasteiger partial charge in [0.25, 0.3) is 11.8 Å². The van der Waals surface area contributed by atoms with Crippen molar-refractivity contribution in [3.8, 4) is 0 Å². The van der Waals surface area contributed by atoms with Crippen molar-refractivity contribution in [3.05, 3.63) is 12.2 Å². The highest BCUT2D eigenvalue weighted by Crippen LogP contribution is 2.45. The van der Waals surface area contributed by atoms with Gasteiger partial charge in [-0.2, -0.15) is 8.42 Å². The molecule has 0 spiro atoms. The zero-order chi connectivity index (χ0) is 24.2. The fourth-order valence-electron chi connectivity index (χ4n) is 4.44. The van der Waals surface area contributed by atoms with Gasteiger partial charge < -0.3 is 20.7 Å². The van der Waals surface area contributed by atoms with Gasteiger partial charge in [-0.15, -0.1) is 0 Å². The Morgan fingerprint density at radius 3 is 2.67 bits per heavy atom. The Kier molecular flexibility index (Phi) is 7.62. The molecule has 5 N–H and O–H groups in total. The summed E-state index contributed by atoms with van der Waals surface area (Å²) in [5.74, 6) is -2.25. The van der Waals surface area contributed by atoms with Crippen LogP contribution in [-0.4, -0.2) is 68.4 Å². The van der Waals surface area contributed by atoms with Crippen molar-refractivity contribution in [2.75, 3.05) is 13.6 Å². The molecule has 33 heavy (non-hydrogen) atoms. The lowest BCUT2D eigenvalue weighted by molar-refractivity contribution is -0.146. The summed E-state index contributed by atoms with van der Waals surface area (Å²) in [6.07, 6.45) is 6.00. The Bertz CT molecular complexity index is 937. The third-order valence-electron chi connectivity index (χ3n) is 6.34. The summed E-state index contributed by atoms with van der Waals surface area (Å²) in [5, 5.41) is 2.71. The molecular weight excluding hydrogens is 454 g/mol. The molecule has 184 valence electrons. The maximum Gasteiger partial charge on any atom is 0.405 e. The standard InChI is InChI=1S/C20H31N5O7S/c1-22-33(30,31)24-18(28)20-12-13(20)8-5-3-2-4-6-10-15(32-19(21)29)17(27)25-11-7-9-14(25)16(26)23-20/h5,8,13-15,22H,2-4,6-7,9-12H2,1H3,(H2,21,29)(H,23,26)(H,24,28)/b8-5+. The van der Waals surface area contributed by atoms with Gasteiger partial charge in [0, 0.05) is 19.5 Å². The smallest absolute Gasteiger partial charge is 0.405 e. The second-order valence-electron chi connectivity index (χ2n) is 8.59. The fourth-order valence-corrected chi connectivity index (χ4v) is 4.97. The molecule has 4 unspecified atom stereocenters. The number of carbonyl (C=O) groups excluding carboxylic acids is 4. The number of allylic oxidation sites excluding steroid dienone is 1. The number of ether oxygens (including phenoxy) is 1. The van der Waals surface area contributed by atoms with Crippen LogP contribution in [0.5, 0.6) is 0 Å². The molecule has 2 aliphatic heterocycles. The summed E-state index contributed by atoms with van der Waals surface area (Å²) >= 11 is 0. The number of amides is 4. The van der Waals surface area contributed by atoms with E-state index >= 15 is 0 Å². The monoisotopic (exact) mass is 485 g/mol. The molecule has 3 aliphatic rings. The predicted octanol–water partition coefficient (Wildman–Crippen LogP) is -0.583. The first kappa shape index (κ1) is 25.0. The summed E-state index contributed by atoms with van der Waals surface area (Å²) in [6, 6.07) is -0.864. The Labute approximate surface area is 192 Å². The topological polar surface area (TPSA) is 177 Å². The molecule has 0 bridgehead atoms. The van der Waals surface area contributed by atoms with Crippen molar-refractivity contribution in [1.82, 2.24) is 19.7 Å². The molecule has 4 amide bonds. The zero-order valence-electron chi connectivity index (χ0n) is 18.5. The third kappa shape index (κ3) is 5.82. The summed E-state index contributed by atoms with van der Waals surface area (Å²) in [4.78, 5) is 51.9. The van der Waals surface area contributed by atoms with E-state index in [0.29, 0.717) is 38.6 Å². The average molecular weight is 486 g/mol. The van der Waals surface area contributed by atoms with Crippen LogP contribution in [0, 0.1) is 5.92 Å². The molecule has 2 heterocycles. The van der Waals surface area contributed by atoms with Gasteiger partial charge in [0.05, 0.1) is 0 Å². The Morgan fingerprint density at radius 2 is 1.97 bits per heavy atom. The minimum absolute atomic E-state index is 0.244. The van der Waals surface area contributed by atoms with Gasteiger partial charge >= 0.3 is 16.3 Å². The first-order chi connectivity index (χ1) is 15.6. The summed E-state index contributed by atoms with van der Waals surface area (Å²) < 4.78 is 32.7. The number of hydrogen-bond acceptors (Lipinski definition) is 7. The number of nitrogens with zero attached hydrogens (tertiary/aromatic N) is 1. The molecule has 1 saturated heterocycles. The molecule has 0 aromatic rings. The third-order valence-corrected chi connectivity index (χ3v) is 7.33. The number of nitrogens with one attached hydrogen (secondary N) is 3. The highest BCUT2D eigenvalue weighted by Gasteiger charge is 2.61. The molecule has 13 heteroatoms. The van der Waals surface area contributed by atoms with Gasteiger partial charge in [-0.3, -0.25) is 14.4 Å². The van der Waals surface area contributed by atoms with Crippen molar-refractivity contribution in [2.45, 2.75) is 69.1 Å². The lowest BCUT2D eigenvalue weighted by Crippen LogP contribution is -2.58. The summed E-state index contributed by atoms with van der Waals surface area (Å²) in [7, 11) is -2.89. The normalized spacial score (nSPS) is 31.8. The van der Waals surface area contributed by atoms with E-state index in [1.165, 1.54) is 11.9 Å². The zero-order valence-corrected chi connectivity index (χ0v) is 19.4. The van der Waals surface area contributed by atoms with Crippen LogP contribution in [0.4, 0.5) is 4.79 Å². The van der Waals surface area contributed by atoms with E-state index in [2.05, 4.69) is 5.32 Å². The number of rotatable bonds is 4. The van der Waals surface area contributed by atoms with Crippen molar-refractivity contribution < 1.29 is 32.3 Å². The molecule has 0 aromatic carbocycles. The number of carbonyl (C=O) groups is 4. The molecule has 0 aromatic heterocycles. The Hall–Kier alpha value is -2.67. The van der Waals surface area contributed by atoms with Crippen LogP contribution in [0.1, 0.15) is 51.4 Å². The van der Waals surface area contributed by atoms with E-state index < -0.39 is 51.7 Å². The van der Waals surface area contributed by atoms with E-state index in [4.69, 9.17) is 10.5 Å². The van der Waals surface area contributed by atoms with E-state index in [9.17, 15) is 27.6 Å². The van der Waals surface area contributed by atoms with E-state index in [1.807, 2.05) is 21.6 Å². The van der Waals surface area contributed by atoms with Gasteiger partial charge in [-0.25, -0.2) is 14.2 Å². The molecular formula is C20H31N5O7S. The summed E-state index contributed by atoms with van der Waals surface area (Å²) in [5.41, 5.74) is 3.73. The van der Waals surface area contributed by atoms with Gasteiger partial charge in [0.1, 0.15) is 11.6 Å². The SMILES string of the molecule is CNS(=O)(=O)NC(=O)C12CC1/C=C/CCCCCC(OC(N)=O)C(=O)N1CCCC1C(=O)N2. The number of fused-ring (bicyclic) bond motifs is 2. The average Bonchev–Trinajstić information content (AvgIpc) is 3.21. The van der Waals surface area contributed by atoms with E-state index in [-0.39, 0.29) is 12.3 Å². The lowest BCUT2D eigenvalue weighted by atomic mass is 10.1. The highest BCUT2D eigenvalue weighted by molar-refractivity contribution is 7.88. The maximum atomic E-state index is 13.2. The quantitative estimate of drug-likeness (QED) is 0.385. The second-order valence-corrected chi connectivity index (χ2v) is 10.2. The number of hydrogen-bond donors (Lipinski definition) is 4. The summed E-state index contributed by atoms with van der Waals surface area (Å²) in [6.45, 7) is 0.298. The molecule has 12 nitrogen and oxygen atoms in total. The maximum absolute atomic E-state index is 13.2. The molecule has 2 fully saturated rings. The molecule has 4 atom stereocenters. The number of primary amides is 1. The first-order valence-corrected chi connectivity index (χ1v) is 12.6. The van der Waals surface area contributed by atoms with Crippen LogP contribution >= 0.6 is 0 Å². The van der Waals surface area contributed by atoms with Crippen molar-refractivity contribution >= 4 is 34.0 Å². The van der Waals surface area contributed by atoms with Crippen molar-refractivity contribution in [1.29, 1.82) is 0 Å². The van der Waals surface area contributed by atoms with E-state index in [0.717, 1.165) is 12.8 Å². The molecule has 0 radical (unpaired) electrons. The Balaban J connectivity index is 1.86. The second kappa shape index (κ2) is 10.1. The highest BCUT2D eigenvalue weighted by atomic mass is 32.2. The van der Waals surface area contributed by atoms with Crippen LogP contribution < -0.4 is 20.5 Å². The molecule has 3 rings (SSSR count). The predicted molar refractivity (Wildman–Crippen MR) is 117 cm³/mol. The van der Waals surface area contributed by atoms with Crippen LogP contribution in [0.15, 0.2) is 12.2 Å². The van der Waals surface area contributed by atoms with Crippen LogP contribution in [-0.2, 0) is 29.3 Å². The minimum Gasteiger partial charge on any atom is -0.436 e. The first-order valence-electron chi connectivity index (χ1n) is 11.1. The van der Waals surface area contributed by atoms with Crippen molar-refractivity contribution in [3.63, 3.8) is 0 Å². The largest absolute Gasteiger partial charge is 0.436 e. The van der Waals surface area contributed by atoms with Crippen LogP contribution in [0.2, 0.25) is 0 Å². The lowest BCUT2D eigenvalue weighted by Gasteiger charge is -2.29. The minimum atomic E-state index is -4.06. The van der Waals surface area contributed by atoms with Gasteiger partial charge in [0.2, 0.25) is 5.91 Å². The van der Waals surface area contributed by atoms with Gasteiger partial charge in [0.15, 0.2) is 6.10 Å². The molecule has 1 aliphatic carbocycles. The van der Waals surface area contributed by atoms with Gasteiger partial charge in [-0.1, -0.05) is 18.6 Å². The number of nitrogens with two attached hydrogens (primary N) is 1. The van der Waals surface area contributed by atoms with Crippen LogP contribution in [0.25, 0.3) is 0 Å². The van der Waals surface area contributed by atoms with E-state index in [1.54, 1.807) is 0 Å². The Morgan fingerprint density at radius 1 is 1.21 bits per heavy atom. The van der Waals surface area contributed by atoms with Gasteiger partial charge in [-0.05, 0) is 44.9 Å².